The minimum atomic E-state index is -0.215. The summed E-state index contributed by atoms with van der Waals surface area (Å²) < 4.78 is 4.74. The van der Waals surface area contributed by atoms with E-state index in [1.807, 2.05) is 6.07 Å². The zero-order chi connectivity index (χ0) is 10.4. The number of H-pyrrole nitrogens is 1. The third-order valence-corrected chi connectivity index (χ3v) is 1.56. The van der Waals surface area contributed by atoms with Crippen molar-refractivity contribution in [1.82, 2.24) is 10.2 Å². The van der Waals surface area contributed by atoms with Crippen LogP contribution in [0.1, 0.15) is 12.0 Å². The first-order valence-corrected chi connectivity index (χ1v) is 4.00. The molecule has 0 saturated carbocycles. The molecule has 0 spiro atoms. The molecule has 2 N–H and O–H groups in total. The molecular weight excluding hydrogens is 184 g/mol. The third-order valence-electron chi connectivity index (χ3n) is 1.56. The second-order valence-corrected chi connectivity index (χ2v) is 2.56. The van der Waals surface area contributed by atoms with Gasteiger partial charge in [0, 0.05) is 7.11 Å². The van der Waals surface area contributed by atoms with Crippen LogP contribution in [-0.4, -0.2) is 29.8 Å². The summed E-state index contributed by atoms with van der Waals surface area (Å²) in [7, 11) is 1.52. The van der Waals surface area contributed by atoms with Gasteiger partial charge in [-0.15, -0.1) is 0 Å². The number of hydrogen-bond donors (Lipinski definition) is 2. The predicted octanol–water partition coefficient (Wildman–Crippen LogP) is 0.256. The van der Waals surface area contributed by atoms with E-state index in [0.29, 0.717) is 18.0 Å². The molecule has 0 aliphatic rings. The van der Waals surface area contributed by atoms with Gasteiger partial charge in [-0.1, -0.05) is 0 Å². The summed E-state index contributed by atoms with van der Waals surface area (Å²) in [5.74, 6) is 0.112. The van der Waals surface area contributed by atoms with Crippen LogP contribution in [0.5, 0.6) is 0 Å². The molecule has 0 aliphatic carbocycles. The maximum Gasteiger partial charge on any atom is 0.227 e. The van der Waals surface area contributed by atoms with E-state index in [0.717, 1.165) is 0 Å². The van der Waals surface area contributed by atoms with Crippen LogP contribution in [0.15, 0.2) is 6.20 Å². The fourth-order valence-corrected chi connectivity index (χ4v) is 0.863. The molecule has 0 radical (unpaired) electrons. The second-order valence-electron chi connectivity index (χ2n) is 2.56. The zero-order valence-electron chi connectivity index (χ0n) is 7.70. The van der Waals surface area contributed by atoms with E-state index in [-0.39, 0.29) is 12.3 Å². The van der Waals surface area contributed by atoms with Crippen molar-refractivity contribution in [3.63, 3.8) is 0 Å². The Bertz CT molecular complexity index is 352. The van der Waals surface area contributed by atoms with E-state index in [1.54, 1.807) is 0 Å². The summed E-state index contributed by atoms with van der Waals surface area (Å²) in [6.45, 7) is 0.349. The van der Waals surface area contributed by atoms with Crippen molar-refractivity contribution in [2.24, 2.45) is 0 Å². The highest BCUT2D eigenvalue weighted by Gasteiger charge is 2.07. The van der Waals surface area contributed by atoms with Crippen LogP contribution in [0.3, 0.4) is 0 Å². The van der Waals surface area contributed by atoms with Crippen LogP contribution >= 0.6 is 0 Å². The normalized spacial score (nSPS) is 9.43. The summed E-state index contributed by atoms with van der Waals surface area (Å²) >= 11 is 0. The van der Waals surface area contributed by atoms with E-state index in [2.05, 4.69) is 15.5 Å². The summed E-state index contributed by atoms with van der Waals surface area (Å²) in [5.41, 5.74) is 0.316. The molecule has 14 heavy (non-hydrogen) atoms. The van der Waals surface area contributed by atoms with Crippen LogP contribution in [0, 0.1) is 11.3 Å². The average Bonchev–Trinajstić information content (AvgIpc) is 2.62. The number of amides is 1. The van der Waals surface area contributed by atoms with Gasteiger partial charge >= 0.3 is 0 Å². The molecule has 1 rings (SSSR count). The SMILES string of the molecule is COCCC(=O)Nc1[nH]ncc1C#N. The lowest BCUT2D eigenvalue weighted by Crippen LogP contribution is -2.14. The molecule has 0 aliphatic heterocycles. The molecular formula is C8H10N4O2. The lowest BCUT2D eigenvalue weighted by Gasteiger charge is -2.01. The lowest BCUT2D eigenvalue weighted by atomic mass is 10.3. The predicted molar refractivity (Wildman–Crippen MR) is 48.4 cm³/mol. The number of nitrogens with one attached hydrogen (secondary N) is 2. The molecule has 0 saturated heterocycles. The number of anilines is 1. The molecule has 74 valence electrons. The molecule has 0 atom stereocenters. The summed E-state index contributed by atoms with van der Waals surface area (Å²) in [4.78, 5) is 11.2. The van der Waals surface area contributed by atoms with Gasteiger partial charge < -0.3 is 10.1 Å². The lowest BCUT2D eigenvalue weighted by molar-refractivity contribution is -0.117. The van der Waals surface area contributed by atoms with E-state index in [4.69, 9.17) is 10.00 Å². The monoisotopic (exact) mass is 194 g/mol. The van der Waals surface area contributed by atoms with Crippen molar-refractivity contribution in [3.8, 4) is 6.07 Å². The van der Waals surface area contributed by atoms with Crippen molar-refractivity contribution < 1.29 is 9.53 Å². The Labute approximate surface area is 80.9 Å². The fraction of sp³-hybridized carbons (Fsp3) is 0.375. The van der Waals surface area contributed by atoms with Crippen LogP contribution in [0.4, 0.5) is 5.82 Å². The molecule has 0 aromatic carbocycles. The van der Waals surface area contributed by atoms with Crippen LogP contribution in [0.2, 0.25) is 0 Å². The quantitative estimate of drug-likeness (QED) is 0.719. The standard InChI is InChI=1S/C8H10N4O2/c1-14-3-2-7(13)11-8-6(4-9)5-10-12-8/h5H,2-3H2,1H3,(H2,10,11,12,13). The summed E-state index contributed by atoms with van der Waals surface area (Å²) in [6, 6.07) is 1.90. The molecule has 0 unspecified atom stereocenters. The Morgan fingerprint density at radius 2 is 2.64 bits per heavy atom. The van der Waals surface area contributed by atoms with Gasteiger partial charge in [0.05, 0.1) is 19.2 Å². The molecule has 6 heteroatoms. The maximum absolute atomic E-state index is 11.2. The Morgan fingerprint density at radius 3 is 3.29 bits per heavy atom. The highest BCUT2D eigenvalue weighted by Crippen LogP contribution is 2.08. The van der Waals surface area contributed by atoms with Gasteiger partial charge in [0.25, 0.3) is 0 Å². The number of methoxy groups -OCH3 is 1. The summed E-state index contributed by atoms with van der Waals surface area (Å²) in [6.07, 6.45) is 1.60. The number of ether oxygens (including phenoxy) is 1. The topological polar surface area (TPSA) is 90.8 Å². The summed E-state index contributed by atoms with van der Waals surface area (Å²) in [5, 5.41) is 17.3. The van der Waals surface area contributed by atoms with Crippen molar-refractivity contribution in [2.45, 2.75) is 6.42 Å². The molecule has 1 heterocycles. The number of nitriles is 1. The first kappa shape index (κ1) is 10.2. The first-order valence-electron chi connectivity index (χ1n) is 4.00. The van der Waals surface area contributed by atoms with Crippen LogP contribution in [-0.2, 0) is 9.53 Å². The van der Waals surface area contributed by atoms with Crippen molar-refractivity contribution in [3.05, 3.63) is 11.8 Å². The van der Waals surface area contributed by atoms with E-state index in [1.165, 1.54) is 13.3 Å². The Kier molecular flexibility index (Phi) is 3.64. The van der Waals surface area contributed by atoms with Gasteiger partial charge in [-0.25, -0.2) is 0 Å². The van der Waals surface area contributed by atoms with E-state index in [9.17, 15) is 4.79 Å². The van der Waals surface area contributed by atoms with Gasteiger partial charge in [-0.3, -0.25) is 9.89 Å². The van der Waals surface area contributed by atoms with Gasteiger partial charge in [-0.05, 0) is 0 Å². The molecule has 1 amide bonds. The maximum atomic E-state index is 11.2. The molecule has 0 fully saturated rings. The van der Waals surface area contributed by atoms with Crippen LogP contribution < -0.4 is 5.32 Å². The highest BCUT2D eigenvalue weighted by atomic mass is 16.5. The third kappa shape index (κ3) is 2.57. The van der Waals surface area contributed by atoms with E-state index >= 15 is 0 Å². The zero-order valence-corrected chi connectivity index (χ0v) is 7.70. The Balaban J connectivity index is 2.52. The molecule has 1 aromatic heterocycles. The number of carbonyl (C=O) groups is 1. The smallest absolute Gasteiger partial charge is 0.227 e. The number of aromatic nitrogens is 2. The minimum absolute atomic E-state index is 0.215. The number of nitrogens with zero attached hydrogens (tertiary/aromatic N) is 2. The minimum Gasteiger partial charge on any atom is -0.384 e. The highest BCUT2D eigenvalue weighted by molar-refractivity contribution is 5.90. The number of carbonyl (C=O) groups excluding carboxylic acids is 1. The second kappa shape index (κ2) is 4.99. The van der Waals surface area contributed by atoms with Gasteiger partial charge in [-0.2, -0.15) is 10.4 Å². The largest absolute Gasteiger partial charge is 0.384 e. The Morgan fingerprint density at radius 1 is 1.86 bits per heavy atom. The number of aromatic amines is 1. The Hall–Kier alpha value is -1.87. The van der Waals surface area contributed by atoms with E-state index < -0.39 is 0 Å². The number of hydrogen-bond acceptors (Lipinski definition) is 4. The van der Waals surface area contributed by atoms with Gasteiger partial charge in [0.1, 0.15) is 17.5 Å². The van der Waals surface area contributed by atoms with Crippen LogP contribution in [0.25, 0.3) is 0 Å². The van der Waals surface area contributed by atoms with Crippen molar-refractivity contribution in [2.75, 3.05) is 19.0 Å². The average molecular weight is 194 g/mol. The van der Waals surface area contributed by atoms with Crippen molar-refractivity contribution in [1.29, 1.82) is 5.26 Å². The number of rotatable bonds is 4. The fourth-order valence-electron chi connectivity index (χ4n) is 0.863. The molecule has 1 aromatic rings. The van der Waals surface area contributed by atoms with Crippen molar-refractivity contribution >= 4 is 11.7 Å². The first-order chi connectivity index (χ1) is 6.77. The molecule has 6 nitrogen and oxygen atoms in total. The molecule has 0 bridgehead atoms. The van der Waals surface area contributed by atoms with Gasteiger partial charge in [0.2, 0.25) is 5.91 Å². The van der Waals surface area contributed by atoms with Gasteiger partial charge in [0.15, 0.2) is 0 Å².